The van der Waals surface area contributed by atoms with Crippen LogP contribution in [0.3, 0.4) is 0 Å². The number of ether oxygens (including phenoxy) is 1. The Hall–Kier alpha value is -3.21. The average Bonchev–Trinajstić information content (AvgIpc) is 3.42. The molecular weight excluding hydrogens is 549 g/mol. The third-order valence-corrected chi connectivity index (χ3v) is 7.99. The number of halogens is 1. The minimum Gasteiger partial charge on any atom is -0.463 e. The van der Waals surface area contributed by atoms with Crippen molar-refractivity contribution < 1.29 is 33.1 Å². The van der Waals surface area contributed by atoms with E-state index in [0.717, 1.165) is 25.7 Å². The van der Waals surface area contributed by atoms with Gasteiger partial charge in [0.2, 0.25) is 11.8 Å². The van der Waals surface area contributed by atoms with Crippen LogP contribution in [0.4, 0.5) is 9.18 Å². The number of ketones is 1. The van der Waals surface area contributed by atoms with Gasteiger partial charge in [0.25, 0.3) is 5.24 Å². The van der Waals surface area contributed by atoms with E-state index in [-0.39, 0.29) is 54.5 Å². The van der Waals surface area contributed by atoms with Crippen molar-refractivity contribution in [2.24, 2.45) is 17.6 Å². The number of Topliss-reactive ketones (excluding diaryl/α,β-unsaturated/α-hetero) is 1. The molecule has 3 unspecified atom stereocenters. The van der Waals surface area contributed by atoms with Gasteiger partial charge in [0.15, 0.2) is 5.78 Å². The number of rotatable bonds is 16. The van der Waals surface area contributed by atoms with E-state index < -0.39 is 41.6 Å². The van der Waals surface area contributed by atoms with Crippen molar-refractivity contribution in [3.63, 3.8) is 0 Å². The summed E-state index contributed by atoms with van der Waals surface area (Å²) in [6.45, 7) is 5.50. The Morgan fingerprint density at radius 2 is 1.76 bits per heavy atom. The van der Waals surface area contributed by atoms with Gasteiger partial charge < -0.3 is 21.1 Å². The SMILES string of the molecule is CCOC(=O)C=CC(CCC(N)=O)NC(=O)C(CC(=O)C(NC(=O)SC1CCCC1)C(C)C)Cc1ccc(F)cc1. The third kappa shape index (κ3) is 12.9. The topological polar surface area (TPSA) is 145 Å². The number of carbonyl (C=O) groups excluding carboxylic acids is 5. The van der Waals surface area contributed by atoms with E-state index in [9.17, 15) is 28.4 Å². The van der Waals surface area contributed by atoms with Crippen LogP contribution in [0.5, 0.6) is 0 Å². The fourth-order valence-corrected chi connectivity index (χ4v) is 5.74. The summed E-state index contributed by atoms with van der Waals surface area (Å²) in [5.41, 5.74) is 5.94. The van der Waals surface area contributed by atoms with Crippen LogP contribution in [0.1, 0.15) is 71.3 Å². The standard InChI is InChI=1S/C30H42FN3O6S/c1-4-40-27(37)16-14-23(13-15-26(32)36)33-29(38)21(17-20-9-11-22(31)12-10-20)18-25(35)28(19(2)3)34-30(39)41-24-7-5-6-8-24/h9-12,14,16,19,21,23-24,28H,4-8,13,15,17-18H2,1-3H3,(H2,32,36)(H,33,38)(H,34,39). The molecule has 9 nitrogen and oxygen atoms in total. The molecule has 3 amide bonds. The summed E-state index contributed by atoms with van der Waals surface area (Å²) in [6, 6.07) is 4.14. The van der Waals surface area contributed by atoms with Gasteiger partial charge in [0, 0.05) is 36.1 Å². The lowest BCUT2D eigenvalue weighted by molar-refractivity contribution is -0.137. The first-order valence-corrected chi connectivity index (χ1v) is 15.0. The number of esters is 1. The summed E-state index contributed by atoms with van der Waals surface area (Å²) >= 11 is 1.23. The number of benzene rings is 1. The molecule has 1 aromatic rings. The second-order valence-electron chi connectivity index (χ2n) is 10.6. The van der Waals surface area contributed by atoms with Gasteiger partial charge in [0.1, 0.15) is 5.82 Å². The minimum absolute atomic E-state index is 0.0419. The van der Waals surface area contributed by atoms with Gasteiger partial charge in [-0.15, -0.1) is 0 Å². The van der Waals surface area contributed by atoms with Crippen LogP contribution in [-0.4, -0.2) is 52.7 Å². The van der Waals surface area contributed by atoms with Crippen LogP contribution in [-0.2, 0) is 30.3 Å². The second-order valence-corrected chi connectivity index (χ2v) is 11.9. The third-order valence-electron chi connectivity index (χ3n) is 6.86. The van der Waals surface area contributed by atoms with E-state index in [1.54, 1.807) is 19.1 Å². The summed E-state index contributed by atoms with van der Waals surface area (Å²) in [5, 5.41) is 5.66. The smallest absolute Gasteiger partial charge is 0.330 e. The minimum atomic E-state index is -0.860. The highest BCUT2D eigenvalue weighted by atomic mass is 32.2. The average molecular weight is 592 g/mol. The van der Waals surface area contributed by atoms with Crippen molar-refractivity contribution in [1.29, 1.82) is 0 Å². The highest BCUT2D eigenvalue weighted by Gasteiger charge is 2.31. The number of carbonyl (C=O) groups is 5. The maximum atomic E-state index is 13.5. The fourth-order valence-electron chi connectivity index (χ4n) is 4.67. The number of nitrogens with one attached hydrogen (secondary N) is 2. The predicted molar refractivity (Wildman–Crippen MR) is 156 cm³/mol. The van der Waals surface area contributed by atoms with Crippen molar-refractivity contribution in [2.75, 3.05) is 6.61 Å². The first-order valence-electron chi connectivity index (χ1n) is 14.2. The summed E-state index contributed by atoms with van der Waals surface area (Å²) in [5.74, 6) is -3.45. The molecular formula is C30H42FN3O6S. The monoisotopic (exact) mass is 591 g/mol. The molecule has 0 aliphatic heterocycles. The molecule has 2 rings (SSSR count). The van der Waals surface area contributed by atoms with E-state index in [1.165, 1.54) is 36.0 Å². The zero-order chi connectivity index (χ0) is 30.4. The number of amides is 3. The van der Waals surface area contributed by atoms with Crippen LogP contribution in [0.15, 0.2) is 36.4 Å². The van der Waals surface area contributed by atoms with Crippen molar-refractivity contribution in [1.82, 2.24) is 10.6 Å². The zero-order valence-electron chi connectivity index (χ0n) is 24.0. The summed E-state index contributed by atoms with van der Waals surface area (Å²) in [4.78, 5) is 63.0. The summed E-state index contributed by atoms with van der Waals surface area (Å²) in [6.07, 6.45) is 6.77. The number of hydrogen-bond donors (Lipinski definition) is 3. The molecule has 226 valence electrons. The van der Waals surface area contributed by atoms with Crippen LogP contribution in [0.25, 0.3) is 0 Å². The van der Waals surface area contributed by atoms with E-state index in [1.807, 2.05) is 13.8 Å². The van der Waals surface area contributed by atoms with Gasteiger partial charge in [0.05, 0.1) is 12.6 Å². The van der Waals surface area contributed by atoms with Crippen LogP contribution < -0.4 is 16.4 Å². The Balaban J connectivity index is 2.21. The lowest BCUT2D eigenvalue weighted by Crippen LogP contribution is -2.46. The first kappa shape index (κ1) is 34.0. The summed E-state index contributed by atoms with van der Waals surface area (Å²) < 4.78 is 18.4. The quantitative estimate of drug-likeness (QED) is 0.193. The van der Waals surface area contributed by atoms with Gasteiger partial charge in [-0.2, -0.15) is 0 Å². The molecule has 0 aromatic heterocycles. The molecule has 0 radical (unpaired) electrons. The van der Waals surface area contributed by atoms with Gasteiger partial charge in [-0.3, -0.25) is 19.2 Å². The number of hydrogen-bond acceptors (Lipinski definition) is 7. The number of primary amides is 1. The molecule has 4 N–H and O–H groups in total. The Morgan fingerprint density at radius 1 is 1.10 bits per heavy atom. The molecule has 1 aromatic carbocycles. The molecule has 11 heteroatoms. The first-order chi connectivity index (χ1) is 19.5. The molecule has 1 aliphatic carbocycles. The molecule has 41 heavy (non-hydrogen) atoms. The van der Waals surface area contributed by atoms with Gasteiger partial charge in [-0.1, -0.05) is 56.7 Å². The lowest BCUT2D eigenvalue weighted by atomic mass is 9.88. The molecule has 1 aliphatic rings. The van der Waals surface area contributed by atoms with Crippen LogP contribution in [0.2, 0.25) is 0 Å². The van der Waals surface area contributed by atoms with Crippen molar-refractivity contribution >= 4 is 40.6 Å². The Kier molecular flexibility index (Phi) is 14.6. The normalized spacial score (nSPS) is 15.8. The molecule has 0 bridgehead atoms. The van der Waals surface area contributed by atoms with Gasteiger partial charge >= 0.3 is 5.97 Å². The maximum Gasteiger partial charge on any atom is 0.330 e. The second kappa shape index (κ2) is 17.6. The van der Waals surface area contributed by atoms with Crippen LogP contribution in [0, 0.1) is 17.7 Å². The van der Waals surface area contributed by atoms with Crippen molar-refractivity contribution in [3.8, 4) is 0 Å². The van der Waals surface area contributed by atoms with Gasteiger partial charge in [-0.25, -0.2) is 9.18 Å². The molecule has 1 fully saturated rings. The Labute approximate surface area is 245 Å². The fraction of sp³-hybridized carbons (Fsp3) is 0.567. The maximum absolute atomic E-state index is 13.5. The summed E-state index contributed by atoms with van der Waals surface area (Å²) in [7, 11) is 0. The van der Waals surface area contributed by atoms with E-state index in [0.29, 0.717) is 5.56 Å². The van der Waals surface area contributed by atoms with Crippen LogP contribution >= 0.6 is 11.8 Å². The van der Waals surface area contributed by atoms with E-state index in [4.69, 9.17) is 10.5 Å². The van der Waals surface area contributed by atoms with E-state index in [2.05, 4.69) is 10.6 Å². The predicted octanol–water partition coefficient (Wildman–Crippen LogP) is 4.22. The zero-order valence-corrected chi connectivity index (χ0v) is 24.8. The largest absolute Gasteiger partial charge is 0.463 e. The van der Waals surface area contributed by atoms with E-state index >= 15 is 0 Å². The molecule has 0 saturated heterocycles. The highest BCUT2D eigenvalue weighted by Crippen LogP contribution is 2.30. The Bertz CT molecular complexity index is 1070. The molecule has 3 atom stereocenters. The van der Waals surface area contributed by atoms with Gasteiger partial charge in [-0.05, 0) is 56.2 Å². The molecule has 0 heterocycles. The molecule has 1 saturated carbocycles. The highest BCUT2D eigenvalue weighted by molar-refractivity contribution is 8.14. The number of thioether (sulfide) groups is 1. The van der Waals surface area contributed by atoms with Crippen molar-refractivity contribution in [3.05, 3.63) is 47.8 Å². The van der Waals surface area contributed by atoms with Crippen molar-refractivity contribution in [2.45, 2.75) is 89.5 Å². The lowest BCUT2D eigenvalue weighted by Gasteiger charge is -2.25. The number of nitrogens with two attached hydrogens (primary N) is 1. The molecule has 0 spiro atoms. The Morgan fingerprint density at radius 3 is 2.34 bits per heavy atom.